The van der Waals surface area contributed by atoms with E-state index >= 15 is 0 Å². The highest BCUT2D eigenvalue weighted by Crippen LogP contribution is 2.46. The van der Waals surface area contributed by atoms with Crippen molar-refractivity contribution in [1.82, 2.24) is 4.57 Å². The van der Waals surface area contributed by atoms with Crippen LogP contribution >= 0.6 is 11.3 Å². The van der Waals surface area contributed by atoms with Gasteiger partial charge in [0.2, 0.25) is 0 Å². The molecule has 0 aliphatic carbocycles. The second kappa shape index (κ2) is 11.0. The predicted molar refractivity (Wildman–Crippen MR) is 221 cm³/mol. The molecule has 3 heteroatoms. The van der Waals surface area contributed by atoms with Crippen LogP contribution in [-0.2, 0) is 0 Å². The van der Waals surface area contributed by atoms with Crippen molar-refractivity contribution in [2.45, 2.75) is 0 Å². The van der Waals surface area contributed by atoms with E-state index in [1.165, 1.54) is 74.3 Å². The third-order valence-electron chi connectivity index (χ3n) is 10.5. The number of rotatable bonds is 4. The van der Waals surface area contributed by atoms with Crippen LogP contribution in [0.3, 0.4) is 0 Å². The molecule has 0 aliphatic heterocycles. The highest BCUT2D eigenvalue weighted by atomic mass is 32.1. The van der Waals surface area contributed by atoms with Crippen LogP contribution < -0.4 is 4.90 Å². The lowest BCUT2D eigenvalue weighted by molar-refractivity contribution is 1.18. The molecule has 0 N–H and O–H groups in total. The van der Waals surface area contributed by atoms with Crippen LogP contribution in [-0.4, -0.2) is 4.57 Å². The molecular formula is C48H30N2S. The zero-order chi connectivity index (χ0) is 33.5. The maximum Gasteiger partial charge on any atom is 0.0561 e. The number of benzene rings is 9. The quantitative estimate of drug-likeness (QED) is 0.170. The SMILES string of the molecule is c1ccc(-n2c3ccccc3c3ccc(N(c4ccc5c(c4)sc4ccccc45)c4cc5ccc6ccccc6c5c5ccccc45)cc32)cc1. The lowest BCUT2D eigenvalue weighted by Crippen LogP contribution is -2.11. The summed E-state index contributed by atoms with van der Waals surface area (Å²) in [5, 5.41) is 12.7. The summed E-state index contributed by atoms with van der Waals surface area (Å²) >= 11 is 1.87. The molecular weight excluding hydrogens is 637 g/mol. The predicted octanol–water partition coefficient (Wildman–Crippen LogP) is 14.1. The van der Waals surface area contributed by atoms with E-state index < -0.39 is 0 Å². The molecule has 0 saturated heterocycles. The van der Waals surface area contributed by atoms with Crippen molar-refractivity contribution in [2.24, 2.45) is 0 Å². The number of hydrogen-bond acceptors (Lipinski definition) is 2. The number of aromatic nitrogens is 1. The van der Waals surface area contributed by atoms with E-state index in [4.69, 9.17) is 0 Å². The number of para-hydroxylation sites is 2. The normalized spacial score (nSPS) is 11.9. The fourth-order valence-electron chi connectivity index (χ4n) is 8.28. The van der Waals surface area contributed by atoms with Gasteiger partial charge in [0.05, 0.1) is 16.7 Å². The lowest BCUT2D eigenvalue weighted by Gasteiger charge is -2.28. The second-order valence-corrected chi connectivity index (χ2v) is 14.4. The van der Waals surface area contributed by atoms with Crippen molar-refractivity contribution < 1.29 is 0 Å². The molecule has 0 radical (unpaired) electrons. The van der Waals surface area contributed by atoms with Crippen LogP contribution in [0.2, 0.25) is 0 Å². The van der Waals surface area contributed by atoms with Crippen LogP contribution in [0.15, 0.2) is 182 Å². The zero-order valence-electron chi connectivity index (χ0n) is 27.6. The van der Waals surface area contributed by atoms with Gasteiger partial charge in [-0.25, -0.2) is 0 Å². The molecule has 2 aromatic heterocycles. The lowest BCUT2D eigenvalue weighted by atomic mass is 9.94. The van der Waals surface area contributed by atoms with E-state index in [0.717, 1.165) is 22.7 Å². The van der Waals surface area contributed by atoms with Crippen molar-refractivity contribution in [2.75, 3.05) is 4.90 Å². The first-order chi connectivity index (χ1) is 25.3. The highest BCUT2D eigenvalue weighted by molar-refractivity contribution is 7.25. The summed E-state index contributed by atoms with van der Waals surface area (Å²) in [7, 11) is 0. The molecule has 0 atom stereocenters. The van der Waals surface area contributed by atoms with Crippen molar-refractivity contribution in [3.63, 3.8) is 0 Å². The summed E-state index contributed by atoms with van der Waals surface area (Å²) in [4.78, 5) is 2.48. The first-order valence-corrected chi connectivity index (χ1v) is 18.3. The molecule has 0 aliphatic rings. The van der Waals surface area contributed by atoms with Crippen LogP contribution in [0.1, 0.15) is 0 Å². The van der Waals surface area contributed by atoms with E-state index in [1.54, 1.807) is 0 Å². The third kappa shape index (κ3) is 4.29. The Kier molecular flexibility index (Phi) is 6.16. The smallest absolute Gasteiger partial charge is 0.0561 e. The standard InChI is InChI=1S/C48H30N2S/c1-2-13-33(14-3-1)50-43-20-10-8-16-37(43)39-26-24-34(29-45(39)50)49(35-25-27-41-40-18-9-11-21-46(40)51-47(41)30-35)44-28-32-23-22-31-12-4-5-15-36(31)48(32)42-19-7-6-17-38(42)44/h1-30H. The molecule has 9 aromatic carbocycles. The van der Waals surface area contributed by atoms with Gasteiger partial charge in [-0.15, -0.1) is 11.3 Å². The van der Waals surface area contributed by atoms with E-state index in [9.17, 15) is 0 Å². The number of anilines is 3. The molecule has 0 spiro atoms. The van der Waals surface area contributed by atoms with Crippen LogP contribution in [0, 0.1) is 0 Å². The minimum Gasteiger partial charge on any atom is -0.310 e. The average Bonchev–Trinajstić information content (AvgIpc) is 3.73. The molecule has 0 saturated carbocycles. The largest absolute Gasteiger partial charge is 0.310 e. The number of thiophene rings is 1. The maximum absolute atomic E-state index is 2.48. The minimum atomic E-state index is 1.12. The summed E-state index contributed by atoms with van der Waals surface area (Å²) in [6.07, 6.45) is 0. The second-order valence-electron chi connectivity index (χ2n) is 13.3. The monoisotopic (exact) mass is 666 g/mol. The molecule has 11 aromatic rings. The molecule has 0 unspecified atom stereocenters. The van der Waals surface area contributed by atoms with Gasteiger partial charge < -0.3 is 9.47 Å². The fraction of sp³-hybridized carbons (Fsp3) is 0. The van der Waals surface area contributed by atoms with Gasteiger partial charge >= 0.3 is 0 Å². The average molecular weight is 667 g/mol. The summed E-state index contributed by atoms with van der Waals surface area (Å²) in [6.45, 7) is 0. The van der Waals surface area contributed by atoms with Gasteiger partial charge in [0, 0.05) is 53.4 Å². The van der Waals surface area contributed by atoms with Crippen molar-refractivity contribution >= 4 is 103 Å². The Bertz CT molecular complexity index is 3150. The topological polar surface area (TPSA) is 8.17 Å². The fourth-order valence-corrected chi connectivity index (χ4v) is 9.42. The van der Waals surface area contributed by atoms with Crippen LogP contribution in [0.4, 0.5) is 17.1 Å². The Morgan fingerprint density at radius 1 is 0.373 bits per heavy atom. The Morgan fingerprint density at radius 3 is 1.84 bits per heavy atom. The molecule has 0 bridgehead atoms. The van der Waals surface area contributed by atoms with E-state index in [0.29, 0.717) is 0 Å². The molecule has 2 heterocycles. The highest BCUT2D eigenvalue weighted by Gasteiger charge is 2.21. The van der Waals surface area contributed by atoms with Gasteiger partial charge in [-0.05, 0) is 81.5 Å². The minimum absolute atomic E-state index is 1.12. The zero-order valence-corrected chi connectivity index (χ0v) is 28.4. The van der Waals surface area contributed by atoms with Gasteiger partial charge in [-0.2, -0.15) is 0 Å². The van der Waals surface area contributed by atoms with E-state index in [2.05, 4.69) is 191 Å². The van der Waals surface area contributed by atoms with E-state index in [1.807, 2.05) is 11.3 Å². The first-order valence-electron chi connectivity index (χ1n) is 17.4. The van der Waals surface area contributed by atoms with Crippen molar-refractivity contribution in [3.8, 4) is 5.69 Å². The summed E-state index contributed by atoms with van der Waals surface area (Å²) < 4.78 is 5.01. The summed E-state index contributed by atoms with van der Waals surface area (Å²) in [5.41, 5.74) is 6.97. The summed E-state index contributed by atoms with van der Waals surface area (Å²) in [5.74, 6) is 0. The van der Waals surface area contributed by atoms with Gasteiger partial charge in [0.1, 0.15) is 0 Å². The summed E-state index contributed by atoms with van der Waals surface area (Å²) in [6, 6.07) is 66.9. The Morgan fingerprint density at radius 2 is 0.980 bits per heavy atom. The third-order valence-corrected chi connectivity index (χ3v) is 11.7. The van der Waals surface area contributed by atoms with Crippen molar-refractivity contribution in [3.05, 3.63) is 182 Å². The first kappa shape index (κ1) is 28.4. The number of nitrogens with zero attached hydrogens (tertiary/aromatic N) is 2. The van der Waals surface area contributed by atoms with E-state index in [-0.39, 0.29) is 0 Å². The molecule has 238 valence electrons. The van der Waals surface area contributed by atoms with Gasteiger partial charge in [-0.3, -0.25) is 0 Å². The molecule has 51 heavy (non-hydrogen) atoms. The Labute approximate surface area is 298 Å². The van der Waals surface area contributed by atoms with Gasteiger partial charge in [-0.1, -0.05) is 127 Å². The van der Waals surface area contributed by atoms with Gasteiger partial charge in [0.25, 0.3) is 0 Å². The number of hydrogen-bond donors (Lipinski definition) is 0. The maximum atomic E-state index is 2.48. The van der Waals surface area contributed by atoms with Crippen LogP contribution in [0.25, 0.3) is 80.0 Å². The number of fused-ring (bicyclic) bond motifs is 11. The Hall–Kier alpha value is -6.42. The van der Waals surface area contributed by atoms with Gasteiger partial charge in [0.15, 0.2) is 0 Å². The molecule has 2 nitrogen and oxygen atoms in total. The molecule has 11 rings (SSSR count). The molecule has 0 amide bonds. The van der Waals surface area contributed by atoms with Crippen molar-refractivity contribution in [1.29, 1.82) is 0 Å². The van der Waals surface area contributed by atoms with Crippen LogP contribution in [0.5, 0.6) is 0 Å². The Balaban J connectivity index is 1.24. The molecule has 0 fully saturated rings.